The molecule has 13 nitrogen and oxygen atoms in total. The maximum atomic E-state index is 14.3. The van der Waals surface area contributed by atoms with Crippen LogP contribution in [0.15, 0.2) is 11.3 Å². The number of methoxy groups -OCH3 is 1. The Morgan fingerprint density at radius 1 is 0.981 bits per heavy atom. The molecule has 17 atom stereocenters. The Balaban J connectivity index is 1.83. The summed E-state index contributed by atoms with van der Waals surface area (Å²) in [4.78, 5) is 28.5. The monoisotopic (exact) mass is 755 g/mol. The fourth-order valence-electron chi connectivity index (χ4n) is 9.44. The van der Waals surface area contributed by atoms with E-state index in [9.17, 15) is 19.8 Å². The van der Waals surface area contributed by atoms with E-state index < -0.39 is 95.7 Å². The van der Waals surface area contributed by atoms with Crippen molar-refractivity contribution in [1.29, 1.82) is 0 Å². The van der Waals surface area contributed by atoms with E-state index in [-0.39, 0.29) is 30.9 Å². The Bertz CT molecular complexity index is 1320. The van der Waals surface area contributed by atoms with Crippen molar-refractivity contribution < 1.29 is 57.7 Å². The molecule has 0 spiro atoms. The molecule has 0 aromatic heterocycles. The van der Waals surface area contributed by atoms with Crippen LogP contribution in [0.2, 0.25) is 0 Å². The average molecular weight is 756 g/mol. The number of carbonyl (C=O) groups is 2. The Labute approximate surface area is 317 Å². The lowest BCUT2D eigenvalue weighted by atomic mass is 9.78. The molecule has 2 N–H and O–H groups in total. The van der Waals surface area contributed by atoms with Crippen LogP contribution in [-0.2, 0) is 47.5 Å². The smallest absolute Gasteiger partial charge is 0.311 e. The molecule has 53 heavy (non-hydrogen) atoms. The van der Waals surface area contributed by atoms with Gasteiger partial charge in [-0.25, -0.2) is 0 Å². The van der Waals surface area contributed by atoms with E-state index in [0.29, 0.717) is 12.2 Å². The van der Waals surface area contributed by atoms with Crippen molar-refractivity contribution in [3.05, 3.63) is 11.3 Å². The minimum atomic E-state index is -1.80. The van der Waals surface area contributed by atoms with E-state index in [1.165, 1.54) is 13.8 Å². The maximum Gasteiger partial charge on any atom is 0.311 e. The maximum absolute atomic E-state index is 14.3. The molecular weight excluding hydrogens is 686 g/mol. The number of fused-ring (bicyclic) bond motifs is 2. The largest absolute Gasteiger partial charge is 0.489 e. The van der Waals surface area contributed by atoms with Gasteiger partial charge in [0, 0.05) is 50.7 Å². The van der Waals surface area contributed by atoms with Crippen molar-refractivity contribution in [3.8, 4) is 0 Å². The van der Waals surface area contributed by atoms with E-state index in [0.717, 1.165) is 12.0 Å². The Morgan fingerprint density at radius 3 is 2.19 bits per heavy atom. The summed E-state index contributed by atoms with van der Waals surface area (Å²) in [6.07, 6.45) is -4.99. The minimum Gasteiger partial charge on any atom is -0.489 e. The number of rotatable bonds is 8. The zero-order valence-corrected chi connectivity index (χ0v) is 34.8. The number of esters is 2. The van der Waals surface area contributed by atoms with Crippen LogP contribution in [-0.4, -0.2) is 126 Å². The predicted molar refractivity (Wildman–Crippen MR) is 196 cm³/mol. The lowest BCUT2D eigenvalue weighted by molar-refractivity contribution is -0.313. The molecule has 0 radical (unpaired) electrons. The van der Waals surface area contributed by atoms with Gasteiger partial charge in [0.1, 0.15) is 34.8 Å². The van der Waals surface area contributed by atoms with E-state index in [1.807, 2.05) is 41.5 Å². The minimum absolute atomic E-state index is 0.0115. The fraction of sp³-hybridized carbons (Fsp3) is 0.900. The first-order valence-electron chi connectivity index (χ1n) is 19.5. The van der Waals surface area contributed by atoms with Gasteiger partial charge in [0.25, 0.3) is 0 Å². The molecule has 0 amide bonds. The summed E-state index contributed by atoms with van der Waals surface area (Å²) in [5, 5.41) is 23.5. The second kappa shape index (κ2) is 16.7. The van der Waals surface area contributed by atoms with Gasteiger partial charge >= 0.3 is 11.9 Å². The van der Waals surface area contributed by atoms with Crippen molar-refractivity contribution in [2.75, 3.05) is 21.2 Å². The Kier molecular flexibility index (Phi) is 13.8. The van der Waals surface area contributed by atoms with Gasteiger partial charge in [-0.05, 0) is 81.0 Å². The second-order valence-electron chi connectivity index (χ2n) is 17.3. The summed E-state index contributed by atoms with van der Waals surface area (Å²) in [5.74, 6) is -2.54. The normalized spacial score (nSPS) is 47.2. The molecule has 0 saturated carbocycles. The van der Waals surface area contributed by atoms with E-state index >= 15 is 0 Å². The topological polar surface area (TPSA) is 152 Å². The fourth-order valence-corrected chi connectivity index (χ4v) is 9.44. The first-order valence-corrected chi connectivity index (χ1v) is 19.5. The first kappa shape index (κ1) is 43.9. The number of cyclic esters (lactones) is 1. The molecule has 3 fully saturated rings. The van der Waals surface area contributed by atoms with Gasteiger partial charge in [0.05, 0.1) is 30.3 Å². The van der Waals surface area contributed by atoms with E-state index in [1.54, 1.807) is 27.9 Å². The second-order valence-corrected chi connectivity index (χ2v) is 17.3. The predicted octanol–water partition coefficient (Wildman–Crippen LogP) is 4.74. The molecule has 4 heterocycles. The zero-order valence-electron chi connectivity index (χ0n) is 34.8. The van der Waals surface area contributed by atoms with E-state index in [2.05, 4.69) is 25.9 Å². The molecule has 13 heteroatoms. The molecule has 0 aromatic carbocycles. The number of hydrogen-bond acceptors (Lipinski definition) is 13. The molecule has 4 rings (SSSR count). The molecule has 0 aliphatic carbocycles. The third kappa shape index (κ3) is 8.93. The van der Waals surface area contributed by atoms with Crippen molar-refractivity contribution >= 4 is 11.9 Å². The van der Waals surface area contributed by atoms with Crippen LogP contribution in [0.3, 0.4) is 0 Å². The van der Waals surface area contributed by atoms with Crippen LogP contribution >= 0.6 is 0 Å². The molecule has 306 valence electrons. The lowest BCUT2D eigenvalue weighted by Crippen LogP contribution is -2.60. The van der Waals surface area contributed by atoms with Crippen LogP contribution in [0.25, 0.3) is 0 Å². The summed E-state index contributed by atoms with van der Waals surface area (Å²) in [6.45, 7) is 22.0. The lowest BCUT2D eigenvalue weighted by Gasteiger charge is -2.49. The molecule has 3 saturated heterocycles. The summed E-state index contributed by atoms with van der Waals surface area (Å²) in [5.41, 5.74) is -2.82. The highest BCUT2D eigenvalue weighted by atomic mass is 16.7. The summed E-state index contributed by atoms with van der Waals surface area (Å²) in [7, 11) is 5.68. The van der Waals surface area contributed by atoms with Crippen molar-refractivity contribution in [2.24, 2.45) is 23.7 Å². The van der Waals surface area contributed by atoms with Crippen LogP contribution in [0.5, 0.6) is 0 Å². The summed E-state index contributed by atoms with van der Waals surface area (Å²) < 4.78 is 51.6. The van der Waals surface area contributed by atoms with Gasteiger partial charge in [-0.15, -0.1) is 0 Å². The molecule has 4 aliphatic heterocycles. The van der Waals surface area contributed by atoms with Crippen molar-refractivity contribution in [3.63, 3.8) is 0 Å². The zero-order chi connectivity index (χ0) is 40.0. The molecule has 2 bridgehead atoms. The average Bonchev–Trinajstić information content (AvgIpc) is 3.39. The molecule has 3 unspecified atom stereocenters. The number of aliphatic hydroxyl groups is 2. The quantitative estimate of drug-likeness (QED) is 0.329. The number of ether oxygens (including phenoxy) is 8. The summed E-state index contributed by atoms with van der Waals surface area (Å²) >= 11 is 0. The van der Waals surface area contributed by atoms with Gasteiger partial charge in [0.2, 0.25) is 0 Å². The highest BCUT2D eigenvalue weighted by Gasteiger charge is 2.56. The Morgan fingerprint density at radius 2 is 1.62 bits per heavy atom. The molecular formula is C40H69NO12. The van der Waals surface area contributed by atoms with Gasteiger partial charge in [-0.3, -0.25) is 9.59 Å². The summed E-state index contributed by atoms with van der Waals surface area (Å²) in [6, 6.07) is 0.194. The number of nitrogens with zero attached hydrogens (tertiary/aromatic N) is 1. The third-order valence-electron chi connectivity index (χ3n) is 12.6. The van der Waals surface area contributed by atoms with Gasteiger partial charge in [-0.1, -0.05) is 27.7 Å². The van der Waals surface area contributed by atoms with Crippen LogP contribution in [0, 0.1) is 23.7 Å². The van der Waals surface area contributed by atoms with Gasteiger partial charge < -0.3 is 53.0 Å². The van der Waals surface area contributed by atoms with Crippen LogP contribution in [0.4, 0.5) is 0 Å². The van der Waals surface area contributed by atoms with Gasteiger partial charge in [0.15, 0.2) is 18.7 Å². The molecule has 4 aliphatic rings. The van der Waals surface area contributed by atoms with Crippen LogP contribution in [0.1, 0.15) is 109 Å². The van der Waals surface area contributed by atoms with Crippen molar-refractivity contribution in [1.82, 2.24) is 4.90 Å². The SMILES string of the molecule is CC[C@H]1OC(=O)[C@H](C)[C@@H](OC2C[C@@](C)(OC)[C@@H](OC(C)=O)[C@H](C)O2)[C@H](C)[C@@H](OC2O[C@H](C)C[C@H](N(C)C)C2C)[C@]2(C)CC(C)=C(O2)[C@H](C)[C@@H](O)[C@]1(C)O. The number of carbonyl (C=O) groups excluding carboxylic acids is 2. The van der Waals surface area contributed by atoms with E-state index in [4.69, 9.17) is 37.9 Å². The Hall–Kier alpha value is -1.84. The third-order valence-corrected chi connectivity index (χ3v) is 12.6. The van der Waals surface area contributed by atoms with Crippen LogP contribution < -0.4 is 0 Å². The highest BCUT2D eigenvalue weighted by Crippen LogP contribution is 2.48. The van der Waals surface area contributed by atoms with Gasteiger partial charge in [-0.2, -0.15) is 0 Å². The standard InChI is InChI=1S/C40H69NO12/c1-16-29-40(12,45)33(43)23(5)31-20(2)18-39(11,53-31)34(52-37-22(4)28(41(13)14)17-21(3)47-37)24(6)32(25(7)36(44)50-29)51-30-19-38(10,46-15)35(26(8)48-30)49-27(9)42/h21-26,28-30,32-35,37,43,45H,16-19H2,1-15H3/t21-,22?,23+,24+,25-,26+,28+,29-,30?,32+,33-,34-,35+,37?,38-,39+,40-/m1/s1. The first-order chi connectivity index (χ1) is 24.5. The molecule has 0 aromatic rings. The van der Waals surface area contributed by atoms with Crippen molar-refractivity contribution in [2.45, 2.75) is 187 Å². The number of aliphatic hydroxyl groups excluding tert-OH is 1. The number of hydrogen-bond donors (Lipinski definition) is 2. The highest BCUT2D eigenvalue weighted by molar-refractivity contribution is 5.73.